The summed E-state index contributed by atoms with van der Waals surface area (Å²) in [5, 5.41) is 19.9. The number of aliphatic hydroxyl groups is 1. The van der Waals surface area contributed by atoms with E-state index in [4.69, 9.17) is 0 Å². The number of nitrogens with zero attached hydrogens (tertiary/aromatic N) is 4. The van der Waals surface area contributed by atoms with Gasteiger partial charge in [0.05, 0.1) is 18.3 Å². The summed E-state index contributed by atoms with van der Waals surface area (Å²) in [5.74, 6) is 0.0266. The lowest BCUT2D eigenvalue weighted by atomic mass is 9.92. The van der Waals surface area contributed by atoms with Crippen LogP contribution in [0.5, 0.6) is 0 Å². The Hall–Kier alpha value is -2.36. The van der Waals surface area contributed by atoms with Gasteiger partial charge in [0.25, 0.3) is 0 Å². The second kappa shape index (κ2) is 9.87. The molecule has 2 atom stereocenters. The monoisotopic (exact) mass is 530 g/mol. The van der Waals surface area contributed by atoms with E-state index >= 15 is 0 Å². The first kappa shape index (κ1) is 23.8. The second-order valence-corrected chi connectivity index (χ2v) is 10.8. The predicted molar refractivity (Wildman–Crippen MR) is 131 cm³/mol. The largest absolute Gasteiger partial charge is 0.383 e. The average Bonchev–Trinajstić information content (AvgIpc) is 3.18. The maximum atomic E-state index is 12.9. The normalized spacial score (nSPS) is 19.8. The number of carbonyl (C=O) groups excluding carboxylic acids is 1. The van der Waals surface area contributed by atoms with Crippen LogP contribution in [0.4, 0.5) is 0 Å². The first-order valence-electron chi connectivity index (χ1n) is 10.9. The van der Waals surface area contributed by atoms with Crippen LogP contribution >= 0.6 is 15.9 Å². The van der Waals surface area contributed by atoms with Gasteiger partial charge in [0.15, 0.2) is 0 Å². The van der Waals surface area contributed by atoms with E-state index in [1.54, 1.807) is 29.3 Å². The van der Waals surface area contributed by atoms with Crippen molar-refractivity contribution in [2.75, 3.05) is 19.3 Å². The SMILES string of the molecule is Cc1cc(Br)ccc1-n1cc(C2(O)CCCN(C(=O)Cc3ccc(S(C)=O)cc3)CC2)nn1. The van der Waals surface area contributed by atoms with Crippen molar-refractivity contribution in [2.45, 2.75) is 43.1 Å². The predicted octanol–water partition coefficient (Wildman–Crippen LogP) is 3.52. The van der Waals surface area contributed by atoms with Crippen LogP contribution in [-0.4, -0.2) is 54.5 Å². The van der Waals surface area contributed by atoms with Gasteiger partial charge in [-0.2, -0.15) is 0 Å². The summed E-state index contributed by atoms with van der Waals surface area (Å²) < 4.78 is 14.2. The van der Waals surface area contributed by atoms with Crippen molar-refractivity contribution >= 4 is 32.6 Å². The Morgan fingerprint density at radius 2 is 1.94 bits per heavy atom. The van der Waals surface area contributed by atoms with Gasteiger partial charge in [-0.25, -0.2) is 4.68 Å². The Labute approximate surface area is 204 Å². The third kappa shape index (κ3) is 5.42. The molecule has 0 spiro atoms. The number of carbonyl (C=O) groups is 1. The molecule has 7 nitrogen and oxygen atoms in total. The fourth-order valence-electron chi connectivity index (χ4n) is 4.18. The number of aryl methyl sites for hydroxylation is 1. The van der Waals surface area contributed by atoms with Gasteiger partial charge in [0.1, 0.15) is 11.3 Å². The van der Waals surface area contributed by atoms with Crippen molar-refractivity contribution in [3.8, 4) is 5.69 Å². The lowest BCUT2D eigenvalue weighted by Crippen LogP contribution is -2.34. The molecule has 1 aliphatic rings. The summed E-state index contributed by atoms with van der Waals surface area (Å²) in [5.41, 5.74) is 2.25. The van der Waals surface area contributed by atoms with Crippen LogP contribution in [-0.2, 0) is 27.6 Å². The summed E-state index contributed by atoms with van der Waals surface area (Å²) in [7, 11) is -1.03. The molecule has 2 heterocycles. The summed E-state index contributed by atoms with van der Waals surface area (Å²) in [6.07, 6.45) is 5.31. The third-order valence-corrected chi connectivity index (χ3v) is 7.58. The summed E-state index contributed by atoms with van der Waals surface area (Å²) in [4.78, 5) is 15.4. The van der Waals surface area contributed by atoms with E-state index in [0.717, 1.165) is 26.2 Å². The Balaban J connectivity index is 1.43. The number of rotatable bonds is 5. The van der Waals surface area contributed by atoms with E-state index in [1.165, 1.54) is 0 Å². The van der Waals surface area contributed by atoms with Gasteiger partial charge in [-0.1, -0.05) is 33.3 Å². The molecule has 0 bridgehead atoms. The molecule has 9 heteroatoms. The van der Waals surface area contributed by atoms with E-state index in [0.29, 0.717) is 38.0 Å². The maximum absolute atomic E-state index is 12.9. The average molecular weight is 531 g/mol. The molecule has 1 fully saturated rings. The van der Waals surface area contributed by atoms with E-state index in [9.17, 15) is 14.1 Å². The number of benzene rings is 2. The molecule has 0 radical (unpaired) electrons. The highest BCUT2D eigenvalue weighted by Gasteiger charge is 2.35. The second-order valence-electron chi connectivity index (χ2n) is 8.52. The van der Waals surface area contributed by atoms with Crippen molar-refractivity contribution in [1.29, 1.82) is 0 Å². The standard InChI is InChI=1S/C24H27BrN4O3S/c1-17-14-19(25)6-9-21(17)29-16-22(26-27-29)24(31)10-3-12-28(13-11-24)23(30)15-18-4-7-20(8-5-18)33(2)32/h4-9,14,16,31H,3,10-13,15H2,1-2H3. The molecule has 2 aromatic carbocycles. The smallest absolute Gasteiger partial charge is 0.226 e. The Kier molecular flexibility index (Phi) is 7.11. The molecule has 1 aromatic heterocycles. The molecular weight excluding hydrogens is 504 g/mol. The minimum absolute atomic E-state index is 0.0266. The summed E-state index contributed by atoms with van der Waals surface area (Å²) in [6, 6.07) is 13.2. The Morgan fingerprint density at radius 1 is 1.18 bits per heavy atom. The molecule has 33 heavy (non-hydrogen) atoms. The number of halogens is 1. The number of likely N-dealkylation sites (tertiary alicyclic amines) is 1. The van der Waals surface area contributed by atoms with E-state index < -0.39 is 16.4 Å². The number of aromatic nitrogens is 3. The van der Waals surface area contributed by atoms with Gasteiger partial charge in [-0.15, -0.1) is 5.10 Å². The highest BCUT2D eigenvalue weighted by molar-refractivity contribution is 9.10. The van der Waals surface area contributed by atoms with Crippen LogP contribution in [0.2, 0.25) is 0 Å². The zero-order valence-corrected chi connectivity index (χ0v) is 21.1. The molecule has 1 aliphatic heterocycles. The molecule has 1 N–H and O–H groups in total. The molecule has 2 unspecified atom stereocenters. The first-order chi connectivity index (χ1) is 15.7. The quantitative estimate of drug-likeness (QED) is 0.545. The maximum Gasteiger partial charge on any atom is 0.226 e. The third-order valence-electron chi connectivity index (χ3n) is 6.15. The fourth-order valence-corrected chi connectivity index (χ4v) is 5.18. The minimum Gasteiger partial charge on any atom is -0.383 e. The van der Waals surface area contributed by atoms with Gasteiger partial charge in [-0.05, 0) is 67.6 Å². The minimum atomic E-state index is -1.12. The first-order valence-corrected chi connectivity index (χ1v) is 13.2. The van der Waals surface area contributed by atoms with Gasteiger partial charge < -0.3 is 10.0 Å². The number of hydrogen-bond acceptors (Lipinski definition) is 5. The lowest BCUT2D eigenvalue weighted by Gasteiger charge is -2.24. The van der Waals surface area contributed by atoms with Crippen LogP contribution in [0.3, 0.4) is 0 Å². The highest BCUT2D eigenvalue weighted by atomic mass is 79.9. The van der Waals surface area contributed by atoms with Crippen LogP contribution in [0.25, 0.3) is 5.69 Å². The molecule has 0 aliphatic carbocycles. The van der Waals surface area contributed by atoms with Crippen molar-refractivity contribution in [3.05, 3.63) is 70.0 Å². The van der Waals surface area contributed by atoms with Gasteiger partial charge in [0, 0.05) is 39.5 Å². The Morgan fingerprint density at radius 3 is 2.64 bits per heavy atom. The fraction of sp³-hybridized carbons (Fsp3) is 0.375. The van der Waals surface area contributed by atoms with Crippen molar-refractivity contribution < 1.29 is 14.1 Å². The van der Waals surface area contributed by atoms with Crippen molar-refractivity contribution in [3.63, 3.8) is 0 Å². The molecular formula is C24H27BrN4O3S. The van der Waals surface area contributed by atoms with Gasteiger partial charge in [-0.3, -0.25) is 9.00 Å². The molecule has 174 valence electrons. The van der Waals surface area contributed by atoms with Crippen LogP contribution in [0.15, 0.2) is 58.0 Å². The highest BCUT2D eigenvalue weighted by Crippen LogP contribution is 2.32. The number of hydrogen-bond donors (Lipinski definition) is 1. The summed E-state index contributed by atoms with van der Waals surface area (Å²) >= 11 is 3.47. The van der Waals surface area contributed by atoms with Gasteiger partial charge in [0.2, 0.25) is 5.91 Å². The van der Waals surface area contributed by atoms with Crippen molar-refractivity contribution in [1.82, 2.24) is 19.9 Å². The number of amides is 1. The zero-order chi connectivity index (χ0) is 23.6. The summed E-state index contributed by atoms with van der Waals surface area (Å²) in [6.45, 7) is 3.05. The Bertz CT molecular complexity index is 1180. The van der Waals surface area contributed by atoms with E-state index in [1.807, 2.05) is 42.2 Å². The van der Waals surface area contributed by atoms with Crippen LogP contribution < -0.4 is 0 Å². The van der Waals surface area contributed by atoms with E-state index in [2.05, 4.69) is 26.2 Å². The van der Waals surface area contributed by atoms with Crippen LogP contribution in [0, 0.1) is 6.92 Å². The molecule has 0 saturated carbocycles. The van der Waals surface area contributed by atoms with Crippen molar-refractivity contribution in [2.24, 2.45) is 0 Å². The molecule has 4 rings (SSSR count). The van der Waals surface area contributed by atoms with E-state index in [-0.39, 0.29) is 12.3 Å². The topological polar surface area (TPSA) is 88.3 Å². The zero-order valence-electron chi connectivity index (χ0n) is 18.7. The molecule has 1 amide bonds. The lowest BCUT2D eigenvalue weighted by molar-refractivity contribution is -0.130. The molecule has 3 aromatic rings. The molecule has 1 saturated heterocycles. The van der Waals surface area contributed by atoms with Crippen LogP contribution in [0.1, 0.15) is 36.1 Å². The van der Waals surface area contributed by atoms with Gasteiger partial charge >= 0.3 is 0 Å².